The Balaban J connectivity index is 1.80. The van der Waals surface area contributed by atoms with E-state index in [0.717, 1.165) is 0 Å². The second-order valence-corrected chi connectivity index (χ2v) is 11.6. The fraction of sp³-hybridized carbons (Fsp3) is 0.500. The van der Waals surface area contributed by atoms with Crippen LogP contribution in [0.3, 0.4) is 0 Å². The van der Waals surface area contributed by atoms with Crippen molar-refractivity contribution in [3.8, 4) is 0 Å². The number of esters is 2. The van der Waals surface area contributed by atoms with Gasteiger partial charge in [-0.25, -0.2) is 4.79 Å². The number of amides is 2. The smallest absolute Gasteiger partial charge is 0.356 e. The summed E-state index contributed by atoms with van der Waals surface area (Å²) in [6.07, 6.45) is 0. The van der Waals surface area contributed by atoms with E-state index in [0.29, 0.717) is 5.56 Å². The minimum atomic E-state index is -1.25. The second-order valence-electron chi connectivity index (χ2n) is 10.0. The van der Waals surface area contributed by atoms with Gasteiger partial charge in [0.1, 0.15) is 28.3 Å². The summed E-state index contributed by atoms with van der Waals surface area (Å²) in [4.78, 5) is 53.1. The SMILES string of the molecule is CC(C)(C)OC(=O)C1=C(Cl)CS[C@@H]2C(NC(=O)C(C(=O)OC(C)(C)C)c3ccccc3)C(=O)N12. The van der Waals surface area contributed by atoms with E-state index in [-0.39, 0.29) is 16.5 Å². The lowest BCUT2D eigenvalue weighted by Crippen LogP contribution is -2.71. The minimum absolute atomic E-state index is 0.0115. The van der Waals surface area contributed by atoms with E-state index in [1.54, 1.807) is 71.9 Å². The van der Waals surface area contributed by atoms with Crippen molar-refractivity contribution in [2.24, 2.45) is 0 Å². The maximum absolute atomic E-state index is 13.2. The van der Waals surface area contributed by atoms with Gasteiger partial charge in [-0.2, -0.15) is 0 Å². The second kappa shape index (κ2) is 9.62. The van der Waals surface area contributed by atoms with Crippen molar-refractivity contribution < 1.29 is 28.7 Å². The molecule has 8 nitrogen and oxygen atoms in total. The Labute approximate surface area is 208 Å². The predicted octanol–water partition coefficient (Wildman–Crippen LogP) is 3.30. The van der Waals surface area contributed by atoms with E-state index in [4.69, 9.17) is 21.1 Å². The summed E-state index contributed by atoms with van der Waals surface area (Å²) in [5.74, 6) is -3.53. The lowest BCUT2D eigenvalue weighted by atomic mass is 9.96. The highest BCUT2D eigenvalue weighted by atomic mass is 35.5. The number of rotatable bonds is 5. The Morgan fingerprint density at radius 1 is 1.06 bits per heavy atom. The predicted molar refractivity (Wildman–Crippen MR) is 129 cm³/mol. The molecule has 184 valence electrons. The molecule has 2 heterocycles. The molecule has 2 unspecified atom stereocenters. The molecule has 0 saturated carbocycles. The summed E-state index contributed by atoms with van der Waals surface area (Å²) in [7, 11) is 0. The average molecular weight is 509 g/mol. The third-order valence-corrected chi connectivity index (χ3v) is 6.60. The van der Waals surface area contributed by atoms with Crippen LogP contribution in [0, 0.1) is 0 Å². The van der Waals surface area contributed by atoms with Crippen LogP contribution in [0.2, 0.25) is 0 Å². The fourth-order valence-electron chi connectivity index (χ4n) is 3.54. The van der Waals surface area contributed by atoms with Crippen LogP contribution in [0.4, 0.5) is 0 Å². The largest absolute Gasteiger partial charge is 0.459 e. The third-order valence-electron chi connectivity index (χ3n) is 4.85. The summed E-state index contributed by atoms with van der Waals surface area (Å²) in [5.41, 5.74) is -1.12. The molecule has 2 aliphatic heterocycles. The molecule has 3 atom stereocenters. The Bertz CT molecular complexity index is 1030. The number of β-lactam (4-membered cyclic amide) rings is 1. The van der Waals surface area contributed by atoms with Crippen molar-refractivity contribution in [3.63, 3.8) is 0 Å². The van der Waals surface area contributed by atoms with Gasteiger partial charge in [-0.15, -0.1) is 11.8 Å². The van der Waals surface area contributed by atoms with Crippen molar-refractivity contribution >= 4 is 47.1 Å². The molecule has 34 heavy (non-hydrogen) atoms. The number of nitrogens with zero attached hydrogens (tertiary/aromatic N) is 1. The van der Waals surface area contributed by atoms with E-state index in [1.165, 1.54) is 16.7 Å². The van der Waals surface area contributed by atoms with Gasteiger partial charge in [-0.1, -0.05) is 41.9 Å². The van der Waals surface area contributed by atoms with Gasteiger partial charge in [0, 0.05) is 5.75 Å². The van der Waals surface area contributed by atoms with Crippen LogP contribution in [0.15, 0.2) is 41.1 Å². The van der Waals surface area contributed by atoms with Gasteiger partial charge in [0.05, 0.1) is 5.03 Å². The first-order valence-electron chi connectivity index (χ1n) is 10.8. The quantitative estimate of drug-likeness (QED) is 0.370. The first-order chi connectivity index (χ1) is 15.7. The van der Waals surface area contributed by atoms with Gasteiger partial charge >= 0.3 is 11.9 Å². The molecule has 2 aliphatic rings. The lowest BCUT2D eigenvalue weighted by molar-refractivity contribution is -0.161. The van der Waals surface area contributed by atoms with Crippen LogP contribution >= 0.6 is 23.4 Å². The van der Waals surface area contributed by atoms with Gasteiger partial charge in [-0.3, -0.25) is 19.3 Å². The number of nitrogens with one attached hydrogen (secondary N) is 1. The van der Waals surface area contributed by atoms with Crippen LogP contribution in [0.1, 0.15) is 53.0 Å². The van der Waals surface area contributed by atoms with Crippen molar-refractivity contribution in [2.75, 3.05) is 5.75 Å². The Kier molecular flexibility index (Phi) is 7.38. The van der Waals surface area contributed by atoms with Crippen molar-refractivity contribution in [2.45, 2.75) is 70.1 Å². The van der Waals surface area contributed by atoms with Gasteiger partial charge in [0.15, 0.2) is 5.92 Å². The van der Waals surface area contributed by atoms with Gasteiger partial charge in [-0.05, 0) is 47.1 Å². The first kappa shape index (κ1) is 26.1. The molecule has 10 heteroatoms. The molecule has 1 aromatic rings. The van der Waals surface area contributed by atoms with Crippen molar-refractivity contribution in [1.82, 2.24) is 10.2 Å². The number of thioether (sulfide) groups is 1. The van der Waals surface area contributed by atoms with Crippen LogP contribution in [0.25, 0.3) is 0 Å². The summed E-state index contributed by atoms with van der Waals surface area (Å²) in [6.45, 7) is 10.3. The number of carbonyl (C=O) groups is 4. The fourth-order valence-corrected chi connectivity index (χ4v) is 5.08. The zero-order valence-electron chi connectivity index (χ0n) is 20.0. The number of carbonyl (C=O) groups excluding carboxylic acids is 4. The molecular formula is C24H29ClN2O6S. The Morgan fingerprint density at radius 3 is 2.21 bits per heavy atom. The van der Waals surface area contributed by atoms with E-state index in [2.05, 4.69) is 5.32 Å². The topological polar surface area (TPSA) is 102 Å². The molecular weight excluding hydrogens is 480 g/mol. The van der Waals surface area contributed by atoms with Crippen LogP contribution in [-0.4, -0.2) is 57.0 Å². The average Bonchev–Trinajstić information content (AvgIpc) is 2.70. The first-order valence-corrected chi connectivity index (χ1v) is 12.3. The highest BCUT2D eigenvalue weighted by Crippen LogP contribution is 2.42. The summed E-state index contributed by atoms with van der Waals surface area (Å²) >= 11 is 7.58. The molecule has 0 spiro atoms. The third kappa shape index (κ3) is 5.75. The lowest BCUT2D eigenvalue weighted by Gasteiger charge is -2.49. The standard InChI is InChI=1S/C24H29ClN2O6S/c1-23(2,3)32-21(30)15(13-10-8-7-9-11-13)18(28)26-16-19(29)27-17(14(25)12-34-20(16)27)22(31)33-24(4,5)6/h7-11,15-16,20H,12H2,1-6H3,(H,26,28)/t15?,16?,20-/m1/s1. The monoisotopic (exact) mass is 508 g/mol. The maximum Gasteiger partial charge on any atom is 0.356 e. The molecule has 0 aromatic heterocycles. The summed E-state index contributed by atoms with van der Waals surface area (Å²) < 4.78 is 10.9. The van der Waals surface area contributed by atoms with Crippen molar-refractivity contribution in [1.29, 1.82) is 0 Å². The van der Waals surface area contributed by atoms with Crippen LogP contribution in [0.5, 0.6) is 0 Å². The molecule has 0 radical (unpaired) electrons. The molecule has 1 aromatic carbocycles. The number of fused-ring (bicyclic) bond motifs is 1. The molecule has 0 aliphatic carbocycles. The molecule has 2 amide bonds. The molecule has 3 rings (SSSR count). The highest BCUT2D eigenvalue weighted by Gasteiger charge is 2.55. The Hall–Kier alpha value is -2.52. The summed E-state index contributed by atoms with van der Waals surface area (Å²) in [6, 6.07) is 7.59. The van der Waals surface area contributed by atoms with Crippen molar-refractivity contribution in [3.05, 3.63) is 46.6 Å². The Morgan fingerprint density at radius 2 is 1.65 bits per heavy atom. The normalized spacial score (nSPS) is 21.3. The van der Waals surface area contributed by atoms with Gasteiger partial charge in [0.25, 0.3) is 5.91 Å². The van der Waals surface area contributed by atoms with E-state index in [1.807, 2.05) is 0 Å². The number of halogens is 1. The maximum atomic E-state index is 13.2. The van der Waals surface area contributed by atoms with Crippen LogP contribution in [-0.2, 0) is 28.7 Å². The summed E-state index contributed by atoms with van der Waals surface area (Å²) in [5, 5.41) is 2.35. The highest BCUT2D eigenvalue weighted by molar-refractivity contribution is 8.00. The zero-order chi connectivity index (χ0) is 25.4. The van der Waals surface area contributed by atoms with Crippen LogP contribution < -0.4 is 5.32 Å². The minimum Gasteiger partial charge on any atom is -0.459 e. The number of ether oxygens (including phenoxy) is 2. The zero-order valence-corrected chi connectivity index (χ0v) is 21.6. The number of hydrogen-bond donors (Lipinski definition) is 1. The molecule has 1 saturated heterocycles. The number of benzene rings is 1. The van der Waals surface area contributed by atoms with Gasteiger partial charge < -0.3 is 14.8 Å². The molecule has 0 bridgehead atoms. The molecule has 1 N–H and O–H groups in total. The van der Waals surface area contributed by atoms with E-state index in [9.17, 15) is 19.2 Å². The van der Waals surface area contributed by atoms with E-state index >= 15 is 0 Å². The number of hydrogen-bond acceptors (Lipinski definition) is 7. The van der Waals surface area contributed by atoms with Gasteiger partial charge in [0.2, 0.25) is 5.91 Å². The molecule has 1 fully saturated rings. The van der Waals surface area contributed by atoms with E-state index < -0.39 is 52.3 Å².